The molecule has 0 aliphatic heterocycles. The van der Waals surface area contributed by atoms with Gasteiger partial charge in [0.1, 0.15) is 0 Å². The maximum Gasteiger partial charge on any atom is 0.0299 e. The van der Waals surface area contributed by atoms with E-state index in [0.717, 1.165) is 5.56 Å². The van der Waals surface area contributed by atoms with Gasteiger partial charge in [-0.2, -0.15) is 0 Å². The zero-order chi connectivity index (χ0) is 12.8. The van der Waals surface area contributed by atoms with E-state index >= 15 is 0 Å². The SMILES string of the molecule is [C]#Cc1cc(C#[C])cc(C=[SiH]c2ccccc2)c1. The van der Waals surface area contributed by atoms with Crippen LogP contribution in [-0.2, 0) is 0 Å². The van der Waals surface area contributed by atoms with Crippen molar-refractivity contribution >= 4 is 20.0 Å². The number of benzene rings is 2. The number of hydrogen-bond donors (Lipinski definition) is 0. The summed E-state index contributed by atoms with van der Waals surface area (Å²) >= 11 is 0. The summed E-state index contributed by atoms with van der Waals surface area (Å²) in [5, 5.41) is 1.32. The summed E-state index contributed by atoms with van der Waals surface area (Å²) in [6, 6.07) is 15.9. The Morgan fingerprint density at radius 1 is 0.889 bits per heavy atom. The number of hydrogen-bond acceptors (Lipinski definition) is 0. The summed E-state index contributed by atoms with van der Waals surface area (Å²) in [4.78, 5) is 0. The van der Waals surface area contributed by atoms with Crippen molar-refractivity contribution in [1.29, 1.82) is 0 Å². The average Bonchev–Trinajstić information content (AvgIpc) is 2.45. The number of rotatable bonds is 2. The highest BCUT2D eigenvalue weighted by Crippen LogP contribution is 2.06. The molecule has 0 amide bonds. The second-order valence-corrected chi connectivity index (χ2v) is 5.17. The monoisotopic (exact) mass is 242 g/mol. The third-order valence-corrected chi connectivity index (χ3v) is 3.83. The van der Waals surface area contributed by atoms with Crippen LogP contribution < -0.4 is 5.19 Å². The lowest BCUT2D eigenvalue weighted by atomic mass is 10.1. The normalized spacial score (nSPS) is 9.89. The summed E-state index contributed by atoms with van der Waals surface area (Å²) in [6.45, 7) is 0. The molecule has 1 heteroatoms. The fourth-order valence-corrected chi connectivity index (χ4v) is 2.67. The van der Waals surface area contributed by atoms with Crippen molar-refractivity contribution in [3.8, 4) is 11.8 Å². The molecule has 0 nitrogen and oxygen atoms in total. The van der Waals surface area contributed by atoms with E-state index < -0.39 is 0 Å². The standard InChI is InChI=1S/C17H10Si/c1-3-14-10-15(4-2)12-16(11-14)13-18-17-8-6-5-7-9-17/h5-13,18H. The van der Waals surface area contributed by atoms with Crippen LogP contribution in [0.4, 0.5) is 0 Å². The first-order chi connectivity index (χ1) is 8.81. The van der Waals surface area contributed by atoms with Gasteiger partial charge in [-0.25, -0.2) is 0 Å². The Morgan fingerprint density at radius 2 is 1.50 bits per heavy atom. The van der Waals surface area contributed by atoms with Crippen LogP contribution in [0.1, 0.15) is 16.7 Å². The molecule has 0 atom stereocenters. The highest BCUT2D eigenvalue weighted by Gasteiger charge is 1.95. The maximum atomic E-state index is 7.16. The van der Waals surface area contributed by atoms with Crippen molar-refractivity contribution in [2.75, 3.05) is 0 Å². The average molecular weight is 242 g/mol. The van der Waals surface area contributed by atoms with Crippen LogP contribution in [0.3, 0.4) is 0 Å². The summed E-state index contributed by atoms with van der Waals surface area (Å²) in [5.74, 6) is 4.71. The van der Waals surface area contributed by atoms with E-state index in [0.29, 0.717) is 11.1 Å². The third-order valence-electron chi connectivity index (χ3n) is 2.51. The van der Waals surface area contributed by atoms with Crippen molar-refractivity contribution in [2.24, 2.45) is 0 Å². The molecule has 0 heterocycles. The van der Waals surface area contributed by atoms with Crippen LogP contribution in [0.2, 0.25) is 0 Å². The van der Waals surface area contributed by atoms with Crippen molar-refractivity contribution in [2.45, 2.75) is 0 Å². The van der Waals surface area contributed by atoms with Crippen LogP contribution in [0.25, 0.3) is 0 Å². The fourth-order valence-electron chi connectivity index (χ4n) is 1.65. The molecule has 0 N–H and O–H groups in total. The van der Waals surface area contributed by atoms with Gasteiger partial charge < -0.3 is 0 Å². The molecular weight excluding hydrogens is 232 g/mol. The fraction of sp³-hybridized carbons (Fsp3) is 0. The van der Waals surface area contributed by atoms with Gasteiger partial charge in [-0.05, 0) is 41.8 Å². The van der Waals surface area contributed by atoms with E-state index in [1.165, 1.54) is 5.19 Å². The first-order valence-corrected chi connectivity index (χ1v) is 6.80. The minimum Gasteiger partial charge on any atom is -0.0726 e. The lowest BCUT2D eigenvalue weighted by molar-refractivity contribution is 1.58. The summed E-state index contributed by atoms with van der Waals surface area (Å²) in [6.07, 6.45) is 14.3. The van der Waals surface area contributed by atoms with Crippen molar-refractivity contribution in [3.63, 3.8) is 0 Å². The minimum absolute atomic E-state index is 0.0572. The van der Waals surface area contributed by atoms with Gasteiger partial charge in [-0.3, -0.25) is 0 Å². The van der Waals surface area contributed by atoms with E-state index in [1.807, 2.05) is 30.3 Å². The molecule has 2 radical (unpaired) electrons. The van der Waals surface area contributed by atoms with Gasteiger partial charge in [0, 0.05) is 20.3 Å². The van der Waals surface area contributed by atoms with Gasteiger partial charge in [0.15, 0.2) is 0 Å². The van der Waals surface area contributed by atoms with Crippen molar-refractivity contribution < 1.29 is 0 Å². The zero-order valence-corrected chi connectivity index (χ0v) is 10.9. The van der Waals surface area contributed by atoms with Crippen LogP contribution in [0, 0.1) is 24.7 Å². The molecule has 2 aromatic carbocycles. The summed E-state index contributed by atoms with van der Waals surface area (Å²) < 4.78 is 0. The molecule has 2 aromatic rings. The predicted molar refractivity (Wildman–Crippen MR) is 77.3 cm³/mol. The molecule has 0 saturated carbocycles. The molecule has 0 aromatic heterocycles. The van der Waals surface area contributed by atoms with E-state index in [-0.39, 0.29) is 9.13 Å². The van der Waals surface area contributed by atoms with Crippen LogP contribution in [0.5, 0.6) is 0 Å². The van der Waals surface area contributed by atoms with E-state index in [1.54, 1.807) is 6.07 Å². The second kappa shape index (κ2) is 5.82. The highest BCUT2D eigenvalue weighted by molar-refractivity contribution is 6.63. The van der Waals surface area contributed by atoms with E-state index in [4.69, 9.17) is 12.8 Å². The molecule has 18 heavy (non-hydrogen) atoms. The molecular formula is C17H10Si. The quantitative estimate of drug-likeness (QED) is 0.553. The topological polar surface area (TPSA) is 0 Å². The second-order valence-electron chi connectivity index (χ2n) is 3.84. The van der Waals surface area contributed by atoms with Crippen LogP contribution in [0.15, 0.2) is 48.5 Å². The lowest BCUT2D eigenvalue weighted by Crippen LogP contribution is -2.08. The third kappa shape index (κ3) is 3.07. The van der Waals surface area contributed by atoms with Gasteiger partial charge in [-0.1, -0.05) is 47.8 Å². The van der Waals surface area contributed by atoms with Crippen molar-refractivity contribution in [3.05, 3.63) is 78.1 Å². The Labute approximate surface area is 110 Å². The molecule has 0 aliphatic carbocycles. The Bertz CT molecular complexity index is 620. The molecule has 0 aliphatic rings. The lowest BCUT2D eigenvalue weighted by Gasteiger charge is -1.98. The predicted octanol–water partition coefficient (Wildman–Crippen LogP) is 1.47. The molecule has 0 unspecified atom stereocenters. The molecule has 0 spiro atoms. The molecule has 2 rings (SSSR count). The Hall–Kier alpha value is -2.35. The summed E-state index contributed by atoms with van der Waals surface area (Å²) in [7, 11) is 0.0572. The molecule has 82 valence electrons. The van der Waals surface area contributed by atoms with Gasteiger partial charge in [0.05, 0.1) is 0 Å². The molecule has 0 saturated heterocycles. The Morgan fingerprint density at radius 3 is 2.06 bits per heavy atom. The first kappa shape index (κ1) is 12.1. The van der Waals surface area contributed by atoms with Gasteiger partial charge in [-0.15, -0.1) is 0 Å². The van der Waals surface area contributed by atoms with Gasteiger partial charge >= 0.3 is 0 Å². The molecule has 0 fully saturated rings. The largest absolute Gasteiger partial charge is 0.0726 e. The van der Waals surface area contributed by atoms with Crippen molar-refractivity contribution in [1.82, 2.24) is 0 Å². The van der Waals surface area contributed by atoms with Gasteiger partial charge in [0.25, 0.3) is 0 Å². The smallest absolute Gasteiger partial charge is 0.0299 e. The maximum absolute atomic E-state index is 7.16. The summed E-state index contributed by atoms with van der Waals surface area (Å²) in [5.41, 5.74) is 4.56. The molecule has 0 bridgehead atoms. The Kier molecular flexibility index (Phi) is 3.92. The Balaban J connectivity index is 2.33. The zero-order valence-electron chi connectivity index (χ0n) is 9.77. The van der Waals surface area contributed by atoms with E-state index in [9.17, 15) is 0 Å². The first-order valence-electron chi connectivity index (χ1n) is 5.55. The van der Waals surface area contributed by atoms with E-state index in [2.05, 4.69) is 29.6 Å². The minimum atomic E-state index is 0.0572. The van der Waals surface area contributed by atoms with Crippen LogP contribution in [-0.4, -0.2) is 14.8 Å². The van der Waals surface area contributed by atoms with Crippen LogP contribution >= 0.6 is 0 Å². The highest BCUT2D eigenvalue weighted by atomic mass is 28.2. The van der Waals surface area contributed by atoms with Gasteiger partial charge in [0.2, 0.25) is 0 Å².